The summed E-state index contributed by atoms with van der Waals surface area (Å²) in [5, 5.41) is 13.6. The highest BCUT2D eigenvalue weighted by Crippen LogP contribution is 2.23. The fraction of sp³-hybridized carbons (Fsp3) is 0. The van der Waals surface area contributed by atoms with Crippen molar-refractivity contribution in [2.75, 3.05) is 0 Å². The minimum Gasteiger partial charge on any atom is -0.478 e. The van der Waals surface area contributed by atoms with Gasteiger partial charge < -0.3 is 5.11 Å². The molecule has 0 unspecified atom stereocenters. The van der Waals surface area contributed by atoms with Crippen molar-refractivity contribution in [3.63, 3.8) is 0 Å². The summed E-state index contributed by atoms with van der Waals surface area (Å²) in [5.74, 6) is -0.978. The van der Waals surface area contributed by atoms with Gasteiger partial charge in [0.1, 0.15) is 0 Å². The van der Waals surface area contributed by atoms with Gasteiger partial charge in [0.25, 0.3) is 0 Å². The van der Waals surface area contributed by atoms with Crippen LogP contribution in [0.15, 0.2) is 65.4 Å². The van der Waals surface area contributed by atoms with Gasteiger partial charge in [0.15, 0.2) is 0 Å². The van der Waals surface area contributed by atoms with E-state index in [1.54, 1.807) is 29.1 Å². The molecule has 0 aliphatic rings. The van der Waals surface area contributed by atoms with Crippen molar-refractivity contribution in [1.29, 1.82) is 0 Å². The molecule has 1 heterocycles. The molecule has 1 aromatic heterocycles. The van der Waals surface area contributed by atoms with Crippen LogP contribution in [0.25, 0.3) is 16.8 Å². The third-order valence-electron chi connectivity index (χ3n) is 3.13. The second-order valence-electron chi connectivity index (χ2n) is 4.51. The molecule has 0 saturated heterocycles. The van der Waals surface area contributed by atoms with Crippen LogP contribution in [-0.4, -0.2) is 20.9 Å². The van der Waals surface area contributed by atoms with Crippen LogP contribution in [0.1, 0.15) is 10.4 Å². The summed E-state index contributed by atoms with van der Waals surface area (Å²) in [6.45, 7) is 0. The highest BCUT2D eigenvalue weighted by Gasteiger charge is 2.13. The van der Waals surface area contributed by atoms with Crippen LogP contribution in [0, 0.1) is 0 Å². The number of carbonyl (C=O) groups is 1. The number of benzene rings is 2. The van der Waals surface area contributed by atoms with E-state index in [4.69, 9.17) is 0 Å². The molecule has 1 N–H and O–H groups in total. The molecule has 5 heteroatoms. The lowest BCUT2D eigenvalue weighted by Gasteiger charge is -2.06. The highest BCUT2D eigenvalue weighted by atomic mass is 79.9. The van der Waals surface area contributed by atoms with Gasteiger partial charge in [0, 0.05) is 16.2 Å². The topological polar surface area (TPSA) is 55.1 Å². The molecule has 0 spiro atoms. The smallest absolute Gasteiger partial charge is 0.337 e. The predicted octanol–water partition coefficient (Wildman–Crippen LogP) is 4.00. The minimum absolute atomic E-state index is 0.209. The molecule has 0 amide bonds. The second-order valence-corrected chi connectivity index (χ2v) is 5.42. The van der Waals surface area contributed by atoms with Crippen molar-refractivity contribution in [3.8, 4) is 16.8 Å². The second kappa shape index (κ2) is 5.54. The quantitative estimate of drug-likeness (QED) is 0.782. The summed E-state index contributed by atoms with van der Waals surface area (Å²) in [5.41, 5.74) is 2.71. The summed E-state index contributed by atoms with van der Waals surface area (Å²) in [6.07, 6.45) is 3.55. The number of aromatic carboxylic acids is 1. The third kappa shape index (κ3) is 2.73. The Morgan fingerprint density at radius 2 is 1.86 bits per heavy atom. The van der Waals surface area contributed by atoms with E-state index in [2.05, 4.69) is 21.0 Å². The van der Waals surface area contributed by atoms with E-state index in [-0.39, 0.29) is 5.56 Å². The molecular formula is C16H11BrN2O2. The van der Waals surface area contributed by atoms with Crippen LogP contribution < -0.4 is 0 Å². The summed E-state index contributed by atoms with van der Waals surface area (Å²) < 4.78 is 2.38. The van der Waals surface area contributed by atoms with Gasteiger partial charge in [-0.1, -0.05) is 46.3 Å². The van der Waals surface area contributed by atoms with Crippen LogP contribution >= 0.6 is 15.9 Å². The van der Waals surface area contributed by atoms with E-state index in [9.17, 15) is 9.90 Å². The number of rotatable bonds is 3. The van der Waals surface area contributed by atoms with Gasteiger partial charge in [-0.3, -0.25) is 0 Å². The Labute approximate surface area is 129 Å². The molecule has 0 radical (unpaired) electrons. The maximum absolute atomic E-state index is 11.3. The Hall–Kier alpha value is -2.40. The Kier molecular flexibility index (Phi) is 3.58. The molecular weight excluding hydrogens is 332 g/mol. The van der Waals surface area contributed by atoms with Crippen LogP contribution in [0.5, 0.6) is 0 Å². The fourth-order valence-corrected chi connectivity index (χ4v) is 2.46. The lowest BCUT2D eigenvalue weighted by Crippen LogP contribution is -2.05. The largest absolute Gasteiger partial charge is 0.478 e. The van der Waals surface area contributed by atoms with Gasteiger partial charge in [0.05, 0.1) is 17.4 Å². The summed E-state index contributed by atoms with van der Waals surface area (Å²) >= 11 is 3.36. The van der Waals surface area contributed by atoms with Crippen molar-refractivity contribution in [1.82, 2.24) is 9.78 Å². The van der Waals surface area contributed by atoms with Gasteiger partial charge in [-0.25, -0.2) is 9.48 Å². The van der Waals surface area contributed by atoms with Gasteiger partial charge in [-0.2, -0.15) is 5.10 Å². The maximum Gasteiger partial charge on any atom is 0.337 e. The highest BCUT2D eigenvalue weighted by molar-refractivity contribution is 9.10. The van der Waals surface area contributed by atoms with Gasteiger partial charge in [0.2, 0.25) is 0 Å². The van der Waals surface area contributed by atoms with Gasteiger partial charge >= 0.3 is 5.97 Å². The van der Waals surface area contributed by atoms with Crippen LogP contribution in [0.3, 0.4) is 0 Å². The third-order valence-corrected chi connectivity index (χ3v) is 3.62. The van der Waals surface area contributed by atoms with Gasteiger partial charge in [-0.15, -0.1) is 0 Å². The average Bonchev–Trinajstić information content (AvgIpc) is 2.97. The zero-order valence-electron chi connectivity index (χ0n) is 10.9. The van der Waals surface area contributed by atoms with E-state index in [0.717, 1.165) is 15.6 Å². The van der Waals surface area contributed by atoms with E-state index in [1.165, 1.54) is 0 Å². The Morgan fingerprint density at radius 3 is 2.57 bits per heavy atom. The van der Waals surface area contributed by atoms with Crippen molar-refractivity contribution >= 4 is 21.9 Å². The molecule has 0 aliphatic carbocycles. The molecule has 0 saturated carbocycles. The van der Waals surface area contributed by atoms with Crippen LogP contribution in [0.2, 0.25) is 0 Å². The Balaban J connectivity index is 2.08. The van der Waals surface area contributed by atoms with Crippen molar-refractivity contribution in [3.05, 3.63) is 71.0 Å². The van der Waals surface area contributed by atoms with Crippen LogP contribution in [-0.2, 0) is 0 Å². The standard InChI is InChI=1S/C16H11BrN2O2/c17-13-6-7-14(16(20)21)15(8-13)19-10-12(9-18-19)11-4-2-1-3-5-11/h1-10H,(H,20,21). The number of carboxylic acid groups (broad SMARTS) is 1. The summed E-state index contributed by atoms with van der Waals surface area (Å²) in [7, 11) is 0. The molecule has 3 aromatic rings. The first-order chi connectivity index (χ1) is 10.1. The molecule has 2 aromatic carbocycles. The van der Waals surface area contributed by atoms with Crippen molar-refractivity contribution in [2.24, 2.45) is 0 Å². The molecule has 4 nitrogen and oxygen atoms in total. The summed E-state index contributed by atoms with van der Waals surface area (Å²) in [4.78, 5) is 11.3. The fourth-order valence-electron chi connectivity index (χ4n) is 2.11. The zero-order chi connectivity index (χ0) is 14.8. The zero-order valence-corrected chi connectivity index (χ0v) is 12.5. The lowest BCUT2D eigenvalue weighted by molar-refractivity contribution is 0.0696. The number of halogens is 1. The average molecular weight is 343 g/mol. The van der Waals surface area contributed by atoms with Crippen molar-refractivity contribution in [2.45, 2.75) is 0 Å². The molecule has 0 bridgehead atoms. The molecule has 0 atom stereocenters. The molecule has 3 rings (SSSR count). The van der Waals surface area contributed by atoms with E-state index >= 15 is 0 Å². The SMILES string of the molecule is O=C(O)c1ccc(Br)cc1-n1cc(-c2ccccc2)cn1. The first-order valence-corrected chi connectivity index (χ1v) is 7.08. The number of hydrogen-bond donors (Lipinski definition) is 1. The maximum atomic E-state index is 11.3. The van der Waals surface area contributed by atoms with Crippen molar-refractivity contribution < 1.29 is 9.90 Å². The molecule has 104 valence electrons. The van der Waals surface area contributed by atoms with E-state index < -0.39 is 5.97 Å². The van der Waals surface area contributed by atoms with Crippen LogP contribution in [0.4, 0.5) is 0 Å². The van der Waals surface area contributed by atoms with E-state index in [1.807, 2.05) is 36.5 Å². The Bertz CT molecular complexity index is 797. The first-order valence-electron chi connectivity index (χ1n) is 6.28. The number of hydrogen-bond acceptors (Lipinski definition) is 2. The minimum atomic E-state index is -0.978. The number of aromatic nitrogens is 2. The molecule has 21 heavy (non-hydrogen) atoms. The normalized spacial score (nSPS) is 10.5. The lowest BCUT2D eigenvalue weighted by atomic mass is 10.1. The predicted molar refractivity (Wildman–Crippen MR) is 83.7 cm³/mol. The number of nitrogens with zero attached hydrogens (tertiary/aromatic N) is 2. The molecule has 0 fully saturated rings. The Morgan fingerprint density at radius 1 is 1.10 bits per heavy atom. The molecule has 0 aliphatic heterocycles. The summed E-state index contributed by atoms with van der Waals surface area (Å²) in [6, 6.07) is 14.8. The van der Waals surface area contributed by atoms with E-state index in [0.29, 0.717) is 5.69 Å². The van der Waals surface area contributed by atoms with Gasteiger partial charge in [-0.05, 0) is 23.8 Å². The monoisotopic (exact) mass is 342 g/mol. The number of carboxylic acids is 1. The first kappa shape index (κ1) is 13.6.